The van der Waals surface area contributed by atoms with E-state index in [0.717, 1.165) is 26.9 Å². The number of allylic oxidation sites excluding steroid dienone is 1. The Balaban J connectivity index is 1.86. The second-order valence-electron chi connectivity index (χ2n) is 7.36. The number of aromatic nitrogens is 1. The van der Waals surface area contributed by atoms with E-state index in [-0.39, 0.29) is 11.5 Å². The SMILES string of the molecule is CN(C)c1cc[n+](C(C=C(C#N)C#N)C(=O)N2c3ccccc3Sc3ccccc32)cc1. The first kappa shape index (κ1) is 21.2. The summed E-state index contributed by atoms with van der Waals surface area (Å²) in [5.41, 5.74) is 2.42. The summed E-state index contributed by atoms with van der Waals surface area (Å²) in [6.45, 7) is 0. The van der Waals surface area contributed by atoms with Gasteiger partial charge in [-0.15, -0.1) is 0 Å². The first-order valence-corrected chi connectivity index (χ1v) is 10.7. The maximum atomic E-state index is 14.0. The molecule has 3 aromatic rings. The zero-order valence-electron chi connectivity index (χ0n) is 17.6. The molecule has 2 aromatic carbocycles. The van der Waals surface area contributed by atoms with Gasteiger partial charge in [-0.25, -0.2) is 0 Å². The van der Waals surface area contributed by atoms with Gasteiger partial charge in [0.25, 0.3) is 6.04 Å². The fourth-order valence-corrected chi connectivity index (χ4v) is 4.59. The van der Waals surface area contributed by atoms with Crippen LogP contribution in [0.1, 0.15) is 6.04 Å². The number of hydrogen-bond acceptors (Lipinski definition) is 5. The number of fused-ring (bicyclic) bond motifs is 2. The molecule has 7 heteroatoms. The van der Waals surface area contributed by atoms with Crippen LogP contribution in [0.4, 0.5) is 17.1 Å². The molecular weight excluding hydrogens is 418 g/mol. The molecule has 1 unspecified atom stereocenters. The molecule has 0 N–H and O–H groups in total. The van der Waals surface area contributed by atoms with Gasteiger partial charge in [0.05, 0.1) is 11.4 Å². The molecule has 32 heavy (non-hydrogen) atoms. The van der Waals surface area contributed by atoms with Gasteiger partial charge in [-0.2, -0.15) is 15.1 Å². The van der Waals surface area contributed by atoms with Crippen molar-refractivity contribution in [3.63, 3.8) is 0 Å². The van der Waals surface area contributed by atoms with Crippen LogP contribution >= 0.6 is 11.8 Å². The van der Waals surface area contributed by atoms with Gasteiger partial charge >= 0.3 is 5.91 Å². The van der Waals surface area contributed by atoms with Crippen LogP contribution in [0.25, 0.3) is 0 Å². The predicted molar refractivity (Wildman–Crippen MR) is 123 cm³/mol. The van der Waals surface area contributed by atoms with E-state index in [2.05, 4.69) is 0 Å². The minimum Gasteiger partial charge on any atom is -0.377 e. The van der Waals surface area contributed by atoms with E-state index in [0.29, 0.717) is 0 Å². The van der Waals surface area contributed by atoms with Gasteiger partial charge in [0.1, 0.15) is 17.7 Å². The summed E-state index contributed by atoms with van der Waals surface area (Å²) in [6, 6.07) is 22.1. The van der Waals surface area contributed by atoms with Crippen LogP contribution in [0.5, 0.6) is 0 Å². The quantitative estimate of drug-likeness (QED) is 0.446. The van der Waals surface area contributed by atoms with Gasteiger partial charge in [0.2, 0.25) is 0 Å². The van der Waals surface area contributed by atoms with E-state index in [1.165, 1.54) is 6.08 Å². The van der Waals surface area contributed by atoms with Crippen LogP contribution in [-0.4, -0.2) is 20.0 Å². The third-order valence-corrected chi connectivity index (χ3v) is 6.27. The molecule has 6 nitrogen and oxygen atoms in total. The third kappa shape index (κ3) is 3.94. The Kier molecular flexibility index (Phi) is 5.93. The second-order valence-corrected chi connectivity index (χ2v) is 8.44. The van der Waals surface area contributed by atoms with Crippen molar-refractivity contribution in [1.29, 1.82) is 10.5 Å². The van der Waals surface area contributed by atoms with Crippen molar-refractivity contribution in [2.24, 2.45) is 0 Å². The summed E-state index contributed by atoms with van der Waals surface area (Å²) < 4.78 is 1.72. The number of nitriles is 2. The number of para-hydroxylation sites is 2. The normalized spacial score (nSPS) is 12.4. The number of benzene rings is 2. The van der Waals surface area contributed by atoms with Crippen LogP contribution in [-0.2, 0) is 4.79 Å². The lowest BCUT2D eigenvalue weighted by Gasteiger charge is -2.31. The molecule has 156 valence electrons. The smallest absolute Gasteiger partial charge is 0.305 e. The number of nitrogens with zero attached hydrogens (tertiary/aromatic N) is 5. The van der Waals surface area contributed by atoms with Gasteiger partial charge in [0, 0.05) is 47.8 Å². The van der Waals surface area contributed by atoms with Gasteiger partial charge in [-0.3, -0.25) is 9.69 Å². The standard InChI is InChI=1S/C25H20N5OS/c1-28(2)19-11-13-29(14-12-19)22(15-18(16-26)17-27)25(31)30-20-7-3-5-9-23(20)32-24-10-6-4-8-21(24)30/h3-15,22H,1-2H3/q+1. The largest absolute Gasteiger partial charge is 0.377 e. The van der Waals surface area contributed by atoms with Gasteiger partial charge in [0.15, 0.2) is 12.4 Å². The van der Waals surface area contributed by atoms with Crippen molar-refractivity contribution in [3.8, 4) is 12.1 Å². The van der Waals surface area contributed by atoms with E-state index in [4.69, 9.17) is 0 Å². The molecule has 1 aliphatic heterocycles. The van der Waals surface area contributed by atoms with Crippen molar-refractivity contribution in [3.05, 3.63) is 84.7 Å². The number of carbonyl (C=O) groups excluding carboxylic acids is 1. The Morgan fingerprint density at radius 2 is 1.50 bits per heavy atom. The maximum absolute atomic E-state index is 14.0. The summed E-state index contributed by atoms with van der Waals surface area (Å²) in [5.74, 6) is -0.254. The van der Waals surface area contributed by atoms with E-state index in [9.17, 15) is 15.3 Å². The Labute approximate surface area is 191 Å². The van der Waals surface area contributed by atoms with Gasteiger partial charge in [-0.05, 0) is 24.3 Å². The first-order valence-electron chi connectivity index (χ1n) is 9.93. The Bertz CT molecular complexity index is 1220. The van der Waals surface area contributed by atoms with Crippen molar-refractivity contribution >= 4 is 34.7 Å². The highest BCUT2D eigenvalue weighted by Crippen LogP contribution is 2.48. The summed E-state index contributed by atoms with van der Waals surface area (Å²) in [6.07, 6.45) is 5.00. The summed E-state index contributed by atoms with van der Waals surface area (Å²) >= 11 is 1.61. The second kappa shape index (κ2) is 8.97. The molecule has 0 aliphatic carbocycles. The van der Waals surface area contributed by atoms with Crippen molar-refractivity contribution in [1.82, 2.24) is 0 Å². The van der Waals surface area contributed by atoms with Crippen molar-refractivity contribution in [2.45, 2.75) is 15.8 Å². The summed E-state index contributed by atoms with van der Waals surface area (Å²) in [5, 5.41) is 18.7. The number of rotatable bonds is 4. The predicted octanol–water partition coefficient (Wildman–Crippen LogP) is 4.38. The highest BCUT2D eigenvalue weighted by molar-refractivity contribution is 7.99. The number of anilines is 3. The molecule has 1 amide bonds. The Morgan fingerprint density at radius 3 is 2.00 bits per heavy atom. The van der Waals surface area contributed by atoms with Crippen LogP contribution in [0, 0.1) is 22.7 Å². The fraction of sp³-hybridized carbons (Fsp3) is 0.120. The maximum Gasteiger partial charge on any atom is 0.305 e. The Hall–Kier alpha value is -4.07. The summed E-state index contributed by atoms with van der Waals surface area (Å²) in [7, 11) is 3.87. The molecule has 1 atom stereocenters. The monoisotopic (exact) mass is 438 g/mol. The molecule has 0 bridgehead atoms. The average Bonchev–Trinajstić information content (AvgIpc) is 2.83. The van der Waals surface area contributed by atoms with Crippen LogP contribution in [0.3, 0.4) is 0 Å². The molecule has 1 aromatic heterocycles. The number of amides is 1. The zero-order valence-corrected chi connectivity index (χ0v) is 18.5. The average molecular weight is 439 g/mol. The molecule has 4 rings (SSSR count). The lowest BCUT2D eigenvalue weighted by Crippen LogP contribution is -2.48. The molecule has 0 spiro atoms. The van der Waals surface area contributed by atoms with Crippen LogP contribution in [0.15, 0.2) is 94.5 Å². The molecule has 0 saturated carbocycles. The number of hydrogen-bond donors (Lipinski definition) is 0. The van der Waals surface area contributed by atoms with Crippen LogP contribution in [0.2, 0.25) is 0 Å². The molecule has 2 heterocycles. The molecular formula is C25H20N5OS+. The van der Waals surface area contributed by atoms with Gasteiger partial charge in [-0.1, -0.05) is 36.0 Å². The topological polar surface area (TPSA) is 75.0 Å². The van der Waals surface area contributed by atoms with Crippen LogP contribution < -0.4 is 14.4 Å². The van der Waals surface area contributed by atoms with E-state index < -0.39 is 6.04 Å². The van der Waals surface area contributed by atoms with Crippen molar-refractivity contribution in [2.75, 3.05) is 23.9 Å². The molecule has 0 fully saturated rings. The molecule has 0 saturated heterocycles. The van der Waals surface area contributed by atoms with E-state index in [1.54, 1.807) is 33.6 Å². The van der Waals surface area contributed by atoms with E-state index >= 15 is 0 Å². The number of pyridine rings is 1. The van der Waals surface area contributed by atoms with Gasteiger partial charge < -0.3 is 4.90 Å². The first-order chi connectivity index (χ1) is 15.5. The minimum atomic E-state index is -0.871. The number of carbonyl (C=O) groups is 1. The minimum absolute atomic E-state index is 0.111. The Morgan fingerprint density at radius 1 is 0.969 bits per heavy atom. The van der Waals surface area contributed by atoms with Crippen molar-refractivity contribution < 1.29 is 9.36 Å². The fourth-order valence-electron chi connectivity index (χ4n) is 3.53. The van der Waals surface area contributed by atoms with E-state index in [1.807, 2.05) is 91.8 Å². The zero-order chi connectivity index (χ0) is 22.7. The highest BCUT2D eigenvalue weighted by Gasteiger charge is 2.36. The third-order valence-electron chi connectivity index (χ3n) is 5.14. The highest BCUT2D eigenvalue weighted by atomic mass is 32.2. The lowest BCUT2D eigenvalue weighted by atomic mass is 10.1. The summed E-state index contributed by atoms with van der Waals surface area (Å²) in [4.78, 5) is 19.6. The lowest BCUT2D eigenvalue weighted by molar-refractivity contribution is -0.698. The molecule has 1 aliphatic rings. The molecule has 0 radical (unpaired) electrons.